The number of rotatable bonds is 6. The van der Waals surface area contributed by atoms with Crippen molar-refractivity contribution in [2.24, 2.45) is 0 Å². The van der Waals surface area contributed by atoms with Crippen molar-refractivity contribution in [2.75, 3.05) is 25.2 Å². The molecule has 0 saturated carbocycles. The minimum Gasteiger partial charge on any atom is -0.454 e. The molecule has 2 aromatic rings. The maximum atomic E-state index is 13.4. The molecule has 0 spiro atoms. The molecule has 0 atom stereocenters. The lowest BCUT2D eigenvalue weighted by Crippen LogP contribution is -2.29. The summed E-state index contributed by atoms with van der Waals surface area (Å²) in [6.07, 6.45) is 0.532. The predicted octanol–water partition coefficient (Wildman–Crippen LogP) is 2.33. The van der Waals surface area contributed by atoms with E-state index in [1.54, 1.807) is 36.4 Å². The van der Waals surface area contributed by atoms with Crippen molar-refractivity contribution in [1.82, 2.24) is 5.32 Å². The van der Waals surface area contributed by atoms with Gasteiger partial charge in [-0.15, -0.1) is 0 Å². The monoisotopic (exact) mass is 316 g/mol. The molecule has 6 heteroatoms. The van der Waals surface area contributed by atoms with Gasteiger partial charge in [0.15, 0.2) is 11.5 Å². The highest BCUT2D eigenvalue weighted by Crippen LogP contribution is 2.34. The Morgan fingerprint density at radius 2 is 1.96 bits per heavy atom. The van der Waals surface area contributed by atoms with Gasteiger partial charge in [-0.2, -0.15) is 0 Å². The molecule has 2 aromatic carbocycles. The Morgan fingerprint density at radius 1 is 1.13 bits per heavy atom. The molecule has 1 amide bonds. The Bertz CT molecular complexity index is 706. The average molecular weight is 316 g/mol. The second kappa shape index (κ2) is 7.11. The minimum atomic E-state index is -0.223. The Hall–Kier alpha value is -2.60. The Morgan fingerprint density at radius 3 is 2.83 bits per heavy atom. The topological polar surface area (TPSA) is 59.6 Å². The Labute approximate surface area is 133 Å². The molecule has 23 heavy (non-hydrogen) atoms. The SMILES string of the molecule is O=C(CNCCc1ccccc1F)Nc1ccc2c(c1)OCO2. The first-order valence-corrected chi connectivity index (χ1v) is 7.36. The summed E-state index contributed by atoms with van der Waals surface area (Å²) in [6, 6.07) is 11.9. The number of hydrogen-bond acceptors (Lipinski definition) is 4. The van der Waals surface area contributed by atoms with E-state index >= 15 is 0 Å². The summed E-state index contributed by atoms with van der Waals surface area (Å²) in [6.45, 7) is 0.878. The lowest BCUT2D eigenvalue weighted by Gasteiger charge is -2.08. The summed E-state index contributed by atoms with van der Waals surface area (Å²) in [5, 5.41) is 5.77. The Kier molecular flexibility index (Phi) is 4.73. The van der Waals surface area contributed by atoms with Crippen LogP contribution in [0.4, 0.5) is 10.1 Å². The number of amides is 1. The van der Waals surface area contributed by atoms with Crippen molar-refractivity contribution in [1.29, 1.82) is 0 Å². The summed E-state index contributed by atoms with van der Waals surface area (Å²) >= 11 is 0. The zero-order valence-corrected chi connectivity index (χ0v) is 12.5. The van der Waals surface area contributed by atoms with E-state index in [1.165, 1.54) is 6.07 Å². The van der Waals surface area contributed by atoms with Crippen molar-refractivity contribution in [2.45, 2.75) is 6.42 Å². The Balaban J connectivity index is 1.42. The van der Waals surface area contributed by atoms with Gasteiger partial charge in [0.1, 0.15) is 5.82 Å². The number of fused-ring (bicyclic) bond motifs is 1. The lowest BCUT2D eigenvalue weighted by molar-refractivity contribution is -0.115. The van der Waals surface area contributed by atoms with Crippen molar-refractivity contribution < 1.29 is 18.7 Å². The van der Waals surface area contributed by atoms with E-state index in [1.807, 2.05) is 0 Å². The van der Waals surface area contributed by atoms with Crippen LogP contribution in [-0.2, 0) is 11.2 Å². The molecule has 1 aliphatic rings. The van der Waals surface area contributed by atoms with E-state index in [0.717, 1.165) is 0 Å². The molecular formula is C17H17FN2O3. The highest BCUT2D eigenvalue weighted by atomic mass is 19.1. The highest BCUT2D eigenvalue weighted by Gasteiger charge is 2.14. The predicted molar refractivity (Wildman–Crippen MR) is 84.2 cm³/mol. The quantitative estimate of drug-likeness (QED) is 0.803. The van der Waals surface area contributed by atoms with Crippen LogP contribution in [0.25, 0.3) is 0 Å². The largest absolute Gasteiger partial charge is 0.454 e. The van der Waals surface area contributed by atoms with E-state index in [0.29, 0.717) is 35.7 Å². The van der Waals surface area contributed by atoms with Gasteiger partial charge in [0.05, 0.1) is 6.54 Å². The number of nitrogens with one attached hydrogen (secondary N) is 2. The molecule has 0 unspecified atom stereocenters. The van der Waals surface area contributed by atoms with Crippen LogP contribution in [0, 0.1) is 5.82 Å². The molecule has 2 N–H and O–H groups in total. The maximum Gasteiger partial charge on any atom is 0.238 e. The zero-order valence-electron chi connectivity index (χ0n) is 12.5. The molecule has 5 nitrogen and oxygen atoms in total. The molecule has 0 aliphatic carbocycles. The maximum absolute atomic E-state index is 13.4. The van der Waals surface area contributed by atoms with Crippen LogP contribution in [0.5, 0.6) is 11.5 Å². The van der Waals surface area contributed by atoms with Crippen molar-refractivity contribution in [3.8, 4) is 11.5 Å². The van der Waals surface area contributed by atoms with E-state index in [-0.39, 0.29) is 25.1 Å². The lowest BCUT2D eigenvalue weighted by atomic mass is 10.1. The highest BCUT2D eigenvalue weighted by molar-refractivity contribution is 5.92. The first-order valence-electron chi connectivity index (χ1n) is 7.36. The van der Waals surface area contributed by atoms with Crippen LogP contribution in [-0.4, -0.2) is 25.8 Å². The van der Waals surface area contributed by atoms with Gasteiger partial charge in [0.25, 0.3) is 0 Å². The first-order chi connectivity index (χ1) is 11.2. The summed E-state index contributed by atoms with van der Waals surface area (Å²) in [5.41, 5.74) is 1.28. The summed E-state index contributed by atoms with van der Waals surface area (Å²) in [7, 11) is 0. The first kappa shape index (κ1) is 15.3. The third-order valence-electron chi connectivity index (χ3n) is 3.47. The number of carbonyl (C=O) groups excluding carboxylic acids is 1. The van der Waals surface area contributed by atoms with Crippen LogP contribution >= 0.6 is 0 Å². The van der Waals surface area contributed by atoms with E-state index in [2.05, 4.69) is 10.6 Å². The zero-order chi connectivity index (χ0) is 16.1. The summed E-state index contributed by atoms with van der Waals surface area (Å²) < 4.78 is 23.9. The van der Waals surface area contributed by atoms with Crippen molar-refractivity contribution in [3.05, 3.63) is 53.8 Å². The van der Waals surface area contributed by atoms with E-state index < -0.39 is 0 Å². The van der Waals surface area contributed by atoms with Crippen LogP contribution in [0.3, 0.4) is 0 Å². The third kappa shape index (κ3) is 3.98. The molecule has 3 rings (SSSR count). The van der Waals surface area contributed by atoms with Crippen molar-refractivity contribution in [3.63, 3.8) is 0 Å². The molecule has 0 aromatic heterocycles. The van der Waals surface area contributed by atoms with Gasteiger partial charge >= 0.3 is 0 Å². The molecule has 0 radical (unpaired) electrons. The second-order valence-electron chi connectivity index (χ2n) is 5.13. The summed E-state index contributed by atoms with van der Waals surface area (Å²) in [4.78, 5) is 11.9. The van der Waals surface area contributed by atoms with Gasteiger partial charge in [-0.3, -0.25) is 4.79 Å². The van der Waals surface area contributed by atoms with Gasteiger partial charge in [0, 0.05) is 11.8 Å². The molecule has 1 aliphatic heterocycles. The fourth-order valence-electron chi connectivity index (χ4n) is 2.31. The number of anilines is 1. The number of ether oxygens (including phenoxy) is 2. The molecule has 1 heterocycles. The molecule has 120 valence electrons. The number of carbonyl (C=O) groups is 1. The minimum absolute atomic E-state index is 0.156. The van der Waals surface area contributed by atoms with Crippen LogP contribution < -0.4 is 20.1 Å². The average Bonchev–Trinajstić information content (AvgIpc) is 3.01. The van der Waals surface area contributed by atoms with Gasteiger partial charge < -0.3 is 20.1 Å². The smallest absolute Gasteiger partial charge is 0.238 e. The molecular weight excluding hydrogens is 299 g/mol. The molecule has 0 saturated heterocycles. The number of halogens is 1. The normalized spacial score (nSPS) is 12.2. The standard InChI is InChI=1S/C17H17FN2O3/c18-14-4-2-1-3-12(14)7-8-19-10-17(21)20-13-5-6-15-16(9-13)23-11-22-15/h1-6,9,19H,7-8,10-11H2,(H,20,21). The van der Waals surface area contributed by atoms with Crippen LogP contribution in [0.15, 0.2) is 42.5 Å². The van der Waals surface area contributed by atoms with Gasteiger partial charge in [-0.25, -0.2) is 4.39 Å². The van der Waals surface area contributed by atoms with Gasteiger partial charge in [0.2, 0.25) is 12.7 Å². The van der Waals surface area contributed by atoms with E-state index in [9.17, 15) is 9.18 Å². The third-order valence-corrected chi connectivity index (χ3v) is 3.47. The fraction of sp³-hybridized carbons (Fsp3) is 0.235. The van der Waals surface area contributed by atoms with Crippen LogP contribution in [0.2, 0.25) is 0 Å². The number of hydrogen-bond donors (Lipinski definition) is 2. The van der Waals surface area contributed by atoms with E-state index in [4.69, 9.17) is 9.47 Å². The molecule has 0 bridgehead atoms. The summed E-state index contributed by atoms with van der Waals surface area (Å²) in [5.74, 6) is 0.901. The van der Waals surface area contributed by atoms with Crippen molar-refractivity contribution >= 4 is 11.6 Å². The van der Waals surface area contributed by atoms with Gasteiger partial charge in [-0.05, 0) is 36.7 Å². The fourth-order valence-corrected chi connectivity index (χ4v) is 2.31. The second-order valence-corrected chi connectivity index (χ2v) is 5.13. The number of benzene rings is 2. The molecule has 0 fully saturated rings. The van der Waals surface area contributed by atoms with Crippen LogP contribution in [0.1, 0.15) is 5.56 Å². The van der Waals surface area contributed by atoms with Gasteiger partial charge in [-0.1, -0.05) is 18.2 Å².